The van der Waals surface area contributed by atoms with Gasteiger partial charge in [-0.2, -0.15) is 5.26 Å². The number of carbonyl (C=O) groups excluding carboxylic acids is 2. The maximum atomic E-state index is 11.6. The molecule has 6 heteroatoms. The molecule has 90 valence electrons. The molecule has 0 aliphatic heterocycles. The largest absolute Gasteiger partial charge is 0.462 e. The summed E-state index contributed by atoms with van der Waals surface area (Å²) < 4.78 is 4.88. The summed E-state index contributed by atoms with van der Waals surface area (Å²) in [4.78, 5) is 22.9. The van der Waals surface area contributed by atoms with Crippen LogP contribution >= 0.6 is 11.3 Å². The lowest BCUT2D eigenvalue weighted by atomic mass is 10.2. The van der Waals surface area contributed by atoms with Crippen LogP contribution in [-0.4, -0.2) is 18.5 Å². The maximum Gasteiger partial charge on any atom is 0.348 e. The van der Waals surface area contributed by atoms with Gasteiger partial charge in [0.25, 0.3) is 0 Å². The van der Waals surface area contributed by atoms with E-state index in [-0.39, 0.29) is 12.5 Å². The van der Waals surface area contributed by atoms with Gasteiger partial charge in [0.15, 0.2) is 0 Å². The van der Waals surface area contributed by atoms with Crippen LogP contribution in [0.25, 0.3) is 0 Å². The van der Waals surface area contributed by atoms with Crippen molar-refractivity contribution in [2.24, 2.45) is 0 Å². The standard InChI is InChI=1S/C11H12N2O3S/c1-4-16-11(15)9-6(2)8(5-12)10(17-9)13-7(3)14/h4H2,1-3H3,(H,13,14). The van der Waals surface area contributed by atoms with Crippen LogP contribution in [0.15, 0.2) is 0 Å². The minimum Gasteiger partial charge on any atom is -0.462 e. The van der Waals surface area contributed by atoms with Gasteiger partial charge in [0.1, 0.15) is 15.9 Å². The van der Waals surface area contributed by atoms with E-state index in [2.05, 4.69) is 5.32 Å². The number of amides is 1. The summed E-state index contributed by atoms with van der Waals surface area (Å²) in [5.74, 6) is -0.749. The number of ether oxygens (including phenoxy) is 1. The highest BCUT2D eigenvalue weighted by Gasteiger charge is 2.21. The topological polar surface area (TPSA) is 79.2 Å². The second-order valence-corrected chi connectivity index (χ2v) is 4.29. The fraction of sp³-hybridized carbons (Fsp3) is 0.364. The number of hydrogen-bond donors (Lipinski definition) is 1. The van der Waals surface area contributed by atoms with Crippen molar-refractivity contribution in [2.45, 2.75) is 20.8 Å². The number of thiophene rings is 1. The monoisotopic (exact) mass is 252 g/mol. The van der Waals surface area contributed by atoms with E-state index in [1.807, 2.05) is 6.07 Å². The summed E-state index contributed by atoms with van der Waals surface area (Å²) in [6, 6.07) is 1.97. The van der Waals surface area contributed by atoms with E-state index in [1.54, 1.807) is 13.8 Å². The quantitative estimate of drug-likeness (QED) is 0.835. The smallest absolute Gasteiger partial charge is 0.348 e. The van der Waals surface area contributed by atoms with Crippen molar-refractivity contribution >= 4 is 28.2 Å². The van der Waals surface area contributed by atoms with E-state index in [1.165, 1.54) is 6.92 Å². The number of carbonyl (C=O) groups is 2. The van der Waals surface area contributed by atoms with E-state index >= 15 is 0 Å². The fourth-order valence-corrected chi connectivity index (χ4v) is 2.38. The van der Waals surface area contributed by atoms with E-state index in [0.717, 1.165) is 11.3 Å². The van der Waals surface area contributed by atoms with Gasteiger partial charge >= 0.3 is 5.97 Å². The molecule has 0 aliphatic rings. The Balaban J connectivity index is 3.18. The third-order valence-electron chi connectivity index (χ3n) is 2.01. The molecule has 1 aromatic heterocycles. The Morgan fingerprint density at radius 2 is 2.18 bits per heavy atom. The van der Waals surface area contributed by atoms with Gasteiger partial charge in [0.05, 0.1) is 12.2 Å². The number of nitrogens with zero attached hydrogens (tertiary/aromatic N) is 1. The average molecular weight is 252 g/mol. The molecule has 0 saturated carbocycles. The van der Waals surface area contributed by atoms with Crippen LogP contribution in [0.3, 0.4) is 0 Å². The summed E-state index contributed by atoms with van der Waals surface area (Å²) in [5.41, 5.74) is 0.855. The van der Waals surface area contributed by atoms with Gasteiger partial charge in [-0.25, -0.2) is 4.79 Å². The zero-order chi connectivity index (χ0) is 13.0. The number of esters is 1. The average Bonchev–Trinajstić information content (AvgIpc) is 2.54. The molecule has 0 unspecified atom stereocenters. The number of hydrogen-bond acceptors (Lipinski definition) is 5. The minimum atomic E-state index is -0.469. The first-order valence-corrected chi connectivity index (χ1v) is 5.81. The van der Waals surface area contributed by atoms with Crippen molar-refractivity contribution in [3.05, 3.63) is 16.0 Å². The van der Waals surface area contributed by atoms with Gasteiger partial charge in [-0.3, -0.25) is 4.79 Å². The minimum absolute atomic E-state index is 0.271. The van der Waals surface area contributed by atoms with Crippen LogP contribution in [-0.2, 0) is 9.53 Å². The van der Waals surface area contributed by atoms with Crippen molar-refractivity contribution < 1.29 is 14.3 Å². The van der Waals surface area contributed by atoms with E-state index in [9.17, 15) is 9.59 Å². The Bertz CT molecular complexity index is 500. The van der Waals surface area contributed by atoms with Gasteiger partial charge in [-0.05, 0) is 19.4 Å². The predicted octanol–water partition coefficient (Wildman–Crippen LogP) is 2.06. The third-order valence-corrected chi connectivity index (χ3v) is 3.20. The zero-order valence-electron chi connectivity index (χ0n) is 9.79. The molecular formula is C11H12N2O3S. The number of anilines is 1. The maximum absolute atomic E-state index is 11.6. The first-order valence-electron chi connectivity index (χ1n) is 4.99. The fourth-order valence-electron chi connectivity index (χ4n) is 1.29. The van der Waals surface area contributed by atoms with E-state index < -0.39 is 5.97 Å². The first kappa shape index (κ1) is 13.2. The van der Waals surface area contributed by atoms with Gasteiger partial charge in [0.2, 0.25) is 5.91 Å². The summed E-state index contributed by atoms with van der Waals surface area (Å²) in [7, 11) is 0. The van der Waals surface area contributed by atoms with Gasteiger partial charge in [0, 0.05) is 6.92 Å². The SMILES string of the molecule is CCOC(=O)c1sc(NC(C)=O)c(C#N)c1C. The number of nitriles is 1. The molecule has 0 bridgehead atoms. The predicted molar refractivity (Wildman–Crippen MR) is 64.0 cm³/mol. The summed E-state index contributed by atoms with van der Waals surface area (Å²) >= 11 is 1.06. The van der Waals surface area contributed by atoms with Crippen molar-refractivity contribution in [3.8, 4) is 6.07 Å². The Morgan fingerprint density at radius 1 is 1.53 bits per heavy atom. The summed E-state index contributed by atoms with van der Waals surface area (Å²) in [6.07, 6.45) is 0. The normalized spacial score (nSPS) is 9.53. The molecule has 0 aromatic carbocycles. The molecular weight excluding hydrogens is 240 g/mol. The lowest BCUT2D eigenvalue weighted by molar-refractivity contribution is -0.114. The van der Waals surface area contributed by atoms with E-state index in [4.69, 9.17) is 10.00 Å². The number of rotatable bonds is 3. The molecule has 1 aromatic rings. The molecule has 0 saturated heterocycles. The van der Waals surface area contributed by atoms with Crippen molar-refractivity contribution in [3.63, 3.8) is 0 Å². The Morgan fingerprint density at radius 3 is 2.65 bits per heavy atom. The molecule has 5 nitrogen and oxygen atoms in total. The second-order valence-electron chi connectivity index (χ2n) is 3.27. The van der Waals surface area contributed by atoms with Crippen molar-refractivity contribution in [1.82, 2.24) is 0 Å². The molecule has 1 heterocycles. The highest BCUT2D eigenvalue weighted by Crippen LogP contribution is 2.32. The van der Waals surface area contributed by atoms with Crippen LogP contribution in [0.1, 0.15) is 34.6 Å². The van der Waals surface area contributed by atoms with E-state index in [0.29, 0.717) is 21.0 Å². The molecule has 0 atom stereocenters. The first-order chi connectivity index (χ1) is 8.01. The molecule has 1 rings (SSSR count). The Kier molecular flexibility index (Phi) is 4.24. The highest BCUT2D eigenvalue weighted by atomic mass is 32.1. The van der Waals surface area contributed by atoms with Gasteiger partial charge < -0.3 is 10.1 Å². The highest BCUT2D eigenvalue weighted by molar-refractivity contribution is 7.18. The van der Waals surface area contributed by atoms with Crippen molar-refractivity contribution in [2.75, 3.05) is 11.9 Å². The third kappa shape index (κ3) is 2.82. The summed E-state index contributed by atoms with van der Waals surface area (Å²) in [6.45, 7) is 4.99. The lowest BCUT2D eigenvalue weighted by Crippen LogP contribution is -2.05. The molecule has 1 amide bonds. The lowest BCUT2D eigenvalue weighted by Gasteiger charge is -1.98. The molecule has 0 spiro atoms. The van der Waals surface area contributed by atoms with Gasteiger partial charge in [-0.1, -0.05) is 0 Å². The summed E-state index contributed by atoms with van der Waals surface area (Å²) in [5, 5.41) is 11.9. The molecule has 0 aliphatic carbocycles. The zero-order valence-corrected chi connectivity index (χ0v) is 10.6. The van der Waals surface area contributed by atoms with Gasteiger partial charge in [-0.15, -0.1) is 11.3 Å². The number of nitrogens with one attached hydrogen (secondary N) is 1. The molecule has 17 heavy (non-hydrogen) atoms. The molecule has 0 fully saturated rings. The molecule has 0 radical (unpaired) electrons. The van der Waals surface area contributed by atoms with Crippen LogP contribution in [0.2, 0.25) is 0 Å². The van der Waals surface area contributed by atoms with Crippen LogP contribution in [0, 0.1) is 18.3 Å². The second kappa shape index (κ2) is 5.46. The van der Waals surface area contributed by atoms with Crippen LogP contribution in [0.4, 0.5) is 5.00 Å². The Hall–Kier alpha value is -1.87. The van der Waals surface area contributed by atoms with Crippen LogP contribution in [0.5, 0.6) is 0 Å². The van der Waals surface area contributed by atoms with Crippen molar-refractivity contribution in [1.29, 1.82) is 5.26 Å². The molecule has 1 N–H and O–H groups in total. The Labute approximate surface area is 103 Å². The van der Waals surface area contributed by atoms with Crippen LogP contribution < -0.4 is 5.32 Å².